The summed E-state index contributed by atoms with van der Waals surface area (Å²) in [6, 6.07) is 13.1. The molecule has 4 aliphatic carbocycles. The van der Waals surface area contributed by atoms with Crippen molar-refractivity contribution in [3.05, 3.63) is 59.4 Å². The predicted octanol–water partition coefficient (Wildman–Crippen LogP) is 7.49. The van der Waals surface area contributed by atoms with Crippen molar-refractivity contribution in [1.82, 2.24) is 0 Å². The third kappa shape index (κ3) is 3.89. The molecule has 0 amide bonds. The maximum absolute atomic E-state index is 11.2. The highest BCUT2D eigenvalue weighted by molar-refractivity contribution is 5.57. The van der Waals surface area contributed by atoms with Crippen LogP contribution in [0.5, 0.6) is 0 Å². The van der Waals surface area contributed by atoms with Crippen LogP contribution >= 0.6 is 0 Å². The largest absolute Gasteiger partial charge is 0.464 e. The molecular formula is C33H42O4. The summed E-state index contributed by atoms with van der Waals surface area (Å²) in [6.45, 7) is 8.42. The maximum atomic E-state index is 11.2. The Bertz CT molecular complexity index is 1170. The number of hydrogen-bond donors (Lipinski definition) is 1. The highest BCUT2D eigenvalue weighted by atomic mass is 16.7. The average Bonchev–Trinajstić information content (AvgIpc) is 3.54. The minimum Gasteiger partial charge on any atom is -0.464 e. The van der Waals surface area contributed by atoms with Crippen molar-refractivity contribution in [3.8, 4) is 11.3 Å². The zero-order valence-corrected chi connectivity index (χ0v) is 22.7. The number of fused-ring (bicyclic) bond motifs is 4. The number of furan rings is 1. The summed E-state index contributed by atoms with van der Waals surface area (Å²) >= 11 is 0. The molecule has 4 nitrogen and oxygen atoms in total. The summed E-state index contributed by atoms with van der Waals surface area (Å²) < 4.78 is 18.6. The Kier molecular flexibility index (Phi) is 5.59. The van der Waals surface area contributed by atoms with Crippen molar-refractivity contribution in [2.45, 2.75) is 89.9 Å². The second-order valence-electron chi connectivity index (χ2n) is 13.8. The van der Waals surface area contributed by atoms with Crippen LogP contribution in [0.2, 0.25) is 0 Å². The van der Waals surface area contributed by atoms with Gasteiger partial charge in [-0.25, -0.2) is 0 Å². The molecule has 0 radical (unpaired) electrons. The lowest BCUT2D eigenvalue weighted by molar-refractivity contribution is -0.303. The Balaban J connectivity index is 1.24. The van der Waals surface area contributed by atoms with Crippen LogP contribution in [0.15, 0.2) is 58.2 Å². The first-order valence-electron chi connectivity index (χ1n) is 14.6. The lowest BCUT2D eigenvalue weighted by Gasteiger charge is -2.56. The first-order valence-corrected chi connectivity index (χ1v) is 14.6. The summed E-state index contributed by atoms with van der Waals surface area (Å²) in [5.74, 6) is 2.80. The molecule has 1 aromatic heterocycles. The van der Waals surface area contributed by atoms with Gasteiger partial charge >= 0.3 is 0 Å². The second kappa shape index (κ2) is 8.56. The van der Waals surface area contributed by atoms with Gasteiger partial charge in [-0.05, 0) is 85.3 Å². The molecule has 1 aliphatic heterocycles. The lowest BCUT2D eigenvalue weighted by Crippen LogP contribution is -2.52. The predicted molar refractivity (Wildman–Crippen MR) is 144 cm³/mol. The van der Waals surface area contributed by atoms with Crippen molar-refractivity contribution < 1.29 is 19.0 Å². The quantitative estimate of drug-likeness (QED) is 0.432. The Morgan fingerprint density at radius 1 is 0.919 bits per heavy atom. The fraction of sp³-hybridized carbons (Fsp3) is 0.636. The van der Waals surface area contributed by atoms with Crippen molar-refractivity contribution in [2.75, 3.05) is 13.2 Å². The summed E-state index contributed by atoms with van der Waals surface area (Å²) in [5, 5.41) is 11.2. The van der Waals surface area contributed by atoms with Crippen LogP contribution in [0.25, 0.3) is 11.3 Å². The number of aliphatic hydroxyl groups is 1. The Labute approximate surface area is 221 Å². The molecule has 1 spiro atoms. The molecular weight excluding hydrogens is 460 g/mol. The zero-order valence-electron chi connectivity index (χ0n) is 22.7. The summed E-state index contributed by atoms with van der Waals surface area (Å²) in [5.41, 5.74) is 5.99. The third-order valence-electron chi connectivity index (χ3n) is 10.9. The van der Waals surface area contributed by atoms with Gasteiger partial charge in [-0.1, -0.05) is 56.2 Å². The van der Waals surface area contributed by atoms with Crippen molar-refractivity contribution in [1.29, 1.82) is 0 Å². The van der Waals surface area contributed by atoms with Gasteiger partial charge in [-0.2, -0.15) is 0 Å². The smallest absolute Gasteiger partial charge is 0.172 e. The molecule has 3 fully saturated rings. The standard InChI is InChI=1S/C33H42O4/c1-31(2)19-36-33(37-20-31)15-14-24-23(17-33)10-11-25-27-12-13-29(34)32(27,3)18-26(30(24)25)21-6-8-22(9-7-21)28-5-4-16-35-28/h4-9,16,25-27,29-30,34H,10-15,17-20H2,1-3H3/t25-,26+,27-,29-,30+,32-/m0/s1. The number of ether oxygens (including phenoxy) is 2. The number of hydrogen-bond acceptors (Lipinski definition) is 4. The van der Waals surface area contributed by atoms with E-state index in [-0.39, 0.29) is 16.9 Å². The summed E-state index contributed by atoms with van der Waals surface area (Å²) in [7, 11) is 0. The van der Waals surface area contributed by atoms with Crippen molar-refractivity contribution in [3.63, 3.8) is 0 Å². The molecule has 5 aliphatic rings. The molecule has 1 saturated heterocycles. The Morgan fingerprint density at radius 2 is 1.70 bits per heavy atom. The highest BCUT2D eigenvalue weighted by Crippen LogP contribution is 2.65. The monoisotopic (exact) mass is 502 g/mol. The van der Waals surface area contributed by atoms with E-state index in [4.69, 9.17) is 13.9 Å². The first kappa shape index (κ1) is 24.2. The van der Waals surface area contributed by atoms with Gasteiger partial charge in [0.1, 0.15) is 5.76 Å². The van der Waals surface area contributed by atoms with Crippen molar-refractivity contribution >= 4 is 0 Å². The zero-order chi connectivity index (χ0) is 25.4. The van der Waals surface area contributed by atoms with Gasteiger partial charge in [-0.15, -0.1) is 0 Å². The van der Waals surface area contributed by atoms with Crippen LogP contribution < -0.4 is 0 Å². The normalized spacial score (nSPS) is 38.2. The molecule has 37 heavy (non-hydrogen) atoms. The molecule has 2 saturated carbocycles. The van der Waals surface area contributed by atoms with Crippen LogP contribution in [-0.4, -0.2) is 30.2 Å². The van der Waals surface area contributed by atoms with Gasteiger partial charge in [0, 0.05) is 23.8 Å². The van der Waals surface area contributed by atoms with E-state index in [1.54, 1.807) is 17.4 Å². The Morgan fingerprint density at radius 3 is 2.43 bits per heavy atom. The fourth-order valence-corrected chi connectivity index (χ4v) is 8.93. The highest BCUT2D eigenvalue weighted by Gasteiger charge is 2.59. The van der Waals surface area contributed by atoms with Crippen LogP contribution in [0.3, 0.4) is 0 Å². The molecule has 1 aromatic carbocycles. The van der Waals surface area contributed by atoms with Gasteiger partial charge < -0.3 is 19.0 Å². The van der Waals surface area contributed by atoms with Gasteiger partial charge in [0.25, 0.3) is 0 Å². The number of aliphatic hydroxyl groups excluding tert-OH is 1. The van der Waals surface area contributed by atoms with Crippen molar-refractivity contribution in [2.24, 2.45) is 28.6 Å². The van der Waals surface area contributed by atoms with E-state index in [1.165, 1.54) is 24.8 Å². The average molecular weight is 503 g/mol. The van der Waals surface area contributed by atoms with Gasteiger partial charge in [0.2, 0.25) is 0 Å². The van der Waals surface area contributed by atoms with Crippen LogP contribution in [0.1, 0.15) is 83.6 Å². The number of allylic oxidation sites excluding steroid dienone is 1. The van der Waals surface area contributed by atoms with E-state index >= 15 is 0 Å². The van der Waals surface area contributed by atoms with E-state index in [2.05, 4.69) is 45.0 Å². The number of benzene rings is 1. The maximum Gasteiger partial charge on any atom is 0.172 e. The molecule has 4 heteroatoms. The van der Waals surface area contributed by atoms with E-state index in [0.29, 0.717) is 23.7 Å². The minimum absolute atomic E-state index is 0.0145. The topological polar surface area (TPSA) is 51.8 Å². The molecule has 1 N–H and O–H groups in total. The van der Waals surface area contributed by atoms with E-state index < -0.39 is 5.79 Å². The second-order valence-corrected chi connectivity index (χ2v) is 13.8. The lowest BCUT2D eigenvalue weighted by atomic mass is 9.49. The molecule has 0 bridgehead atoms. The van der Waals surface area contributed by atoms with Crippen LogP contribution in [0.4, 0.5) is 0 Å². The molecule has 0 unspecified atom stereocenters. The molecule has 2 heterocycles. The first-order chi connectivity index (χ1) is 17.8. The fourth-order valence-electron chi connectivity index (χ4n) is 8.93. The summed E-state index contributed by atoms with van der Waals surface area (Å²) in [4.78, 5) is 0. The van der Waals surface area contributed by atoms with Gasteiger partial charge in [0.05, 0.1) is 25.6 Å². The molecule has 6 atom stereocenters. The van der Waals surface area contributed by atoms with Gasteiger partial charge in [-0.3, -0.25) is 0 Å². The third-order valence-corrected chi connectivity index (χ3v) is 10.9. The van der Waals surface area contributed by atoms with Crippen LogP contribution in [0, 0.1) is 28.6 Å². The number of rotatable bonds is 2. The molecule has 2 aromatic rings. The molecule has 198 valence electrons. The summed E-state index contributed by atoms with van der Waals surface area (Å²) in [6.07, 6.45) is 10.2. The van der Waals surface area contributed by atoms with E-state index in [9.17, 15) is 5.11 Å². The Hall–Kier alpha value is -1.88. The SMILES string of the molecule is CC1(C)COC2(CCC3=C(CC[C@@H]4[C@@H]3[C@@H](c3ccc(-c5ccco5)cc3)C[C@]3(C)[C@@H](O)CC[C@@H]43)C2)OC1. The van der Waals surface area contributed by atoms with Crippen LogP contribution in [-0.2, 0) is 9.47 Å². The van der Waals surface area contributed by atoms with E-state index in [0.717, 1.165) is 56.6 Å². The van der Waals surface area contributed by atoms with E-state index in [1.807, 2.05) is 12.1 Å². The van der Waals surface area contributed by atoms with Gasteiger partial charge in [0.15, 0.2) is 5.79 Å². The molecule has 7 rings (SSSR count). The minimum atomic E-state index is -0.409.